The maximum absolute atomic E-state index is 11.9. The van der Waals surface area contributed by atoms with Crippen molar-refractivity contribution in [2.45, 2.75) is 23.8 Å². The lowest BCUT2D eigenvalue weighted by molar-refractivity contribution is -0.115. The molecule has 1 aliphatic rings. The molecular weight excluding hydrogens is 294 g/mol. The molecule has 0 aliphatic carbocycles. The zero-order valence-electron chi connectivity index (χ0n) is 11.0. The number of aromatic nitrogens is 2. The number of rotatable bonds is 3. The fourth-order valence-corrected chi connectivity index (χ4v) is 3.20. The fraction of sp³-hybridized carbons (Fsp3) is 0.286. The first kappa shape index (κ1) is 13.5. The number of alkyl halides is 1. The van der Waals surface area contributed by atoms with Crippen molar-refractivity contribution < 1.29 is 4.79 Å². The van der Waals surface area contributed by atoms with Crippen LogP contribution in [-0.2, 0) is 16.3 Å². The molecule has 1 atom stereocenters. The van der Waals surface area contributed by atoms with Gasteiger partial charge in [-0.1, -0.05) is 18.2 Å². The van der Waals surface area contributed by atoms with Crippen LogP contribution in [0.25, 0.3) is 5.69 Å². The number of fused-ring (bicyclic) bond motifs is 1. The Bertz CT molecular complexity index is 639. The minimum absolute atomic E-state index is 0.205. The molecule has 1 aliphatic heterocycles. The summed E-state index contributed by atoms with van der Waals surface area (Å²) in [5, 5.41) is 6.95. The SMILES string of the molecule is C[C@@H](Cl)C(=O)Nc1c2c(nn1-c1ccccc1)CSC2. The van der Waals surface area contributed by atoms with Crippen molar-refractivity contribution >= 4 is 35.1 Å². The maximum atomic E-state index is 11.9. The molecule has 2 aromatic rings. The number of para-hydroxylation sites is 1. The van der Waals surface area contributed by atoms with Gasteiger partial charge in [-0.05, 0) is 19.1 Å². The average molecular weight is 308 g/mol. The van der Waals surface area contributed by atoms with Gasteiger partial charge in [0.05, 0.1) is 11.4 Å². The standard InChI is InChI=1S/C14H14ClN3OS/c1-9(15)14(19)16-13-11-7-20-8-12(11)17-18(13)10-5-3-2-4-6-10/h2-6,9H,7-8H2,1H3,(H,16,19)/t9-/m1/s1. The second kappa shape index (κ2) is 5.50. The largest absolute Gasteiger partial charge is 0.309 e. The zero-order valence-corrected chi connectivity index (χ0v) is 12.5. The molecule has 1 aromatic carbocycles. The lowest BCUT2D eigenvalue weighted by Crippen LogP contribution is -2.22. The number of carbonyl (C=O) groups is 1. The van der Waals surface area contributed by atoms with Crippen LogP contribution in [0.4, 0.5) is 5.82 Å². The topological polar surface area (TPSA) is 46.9 Å². The summed E-state index contributed by atoms with van der Waals surface area (Å²) in [5.41, 5.74) is 3.07. The predicted octanol–water partition coefficient (Wildman–Crippen LogP) is 3.18. The number of carbonyl (C=O) groups excluding carboxylic acids is 1. The van der Waals surface area contributed by atoms with E-state index in [1.165, 1.54) is 0 Å². The Balaban J connectivity index is 2.04. The number of amides is 1. The Morgan fingerprint density at radius 3 is 2.85 bits per heavy atom. The van der Waals surface area contributed by atoms with E-state index in [0.717, 1.165) is 34.3 Å². The first-order valence-corrected chi connectivity index (χ1v) is 7.95. The molecule has 2 heterocycles. The van der Waals surface area contributed by atoms with Crippen LogP contribution in [0.1, 0.15) is 18.2 Å². The van der Waals surface area contributed by atoms with Crippen LogP contribution in [0, 0.1) is 0 Å². The van der Waals surface area contributed by atoms with Crippen LogP contribution in [-0.4, -0.2) is 21.1 Å². The Labute approximate surface area is 126 Å². The molecule has 1 N–H and O–H groups in total. The van der Waals surface area contributed by atoms with E-state index in [1.54, 1.807) is 23.4 Å². The van der Waals surface area contributed by atoms with Crippen molar-refractivity contribution in [1.82, 2.24) is 9.78 Å². The lowest BCUT2D eigenvalue weighted by Gasteiger charge is -2.11. The monoisotopic (exact) mass is 307 g/mol. The average Bonchev–Trinajstić information content (AvgIpc) is 3.02. The van der Waals surface area contributed by atoms with Gasteiger partial charge in [-0.3, -0.25) is 4.79 Å². The highest BCUT2D eigenvalue weighted by molar-refractivity contribution is 7.98. The van der Waals surface area contributed by atoms with Crippen molar-refractivity contribution in [3.63, 3.8) is 0 Å². The Morgan fingerprint density at radius 2 is 2.15 bits per heavy atom. The molecule has 0 bridgehead atoms. The molecule has 0 saturated heterocycles. The summed E-state index contributed by atoms with van der Waals surface area (Å²) in [6.45, 7) is 1.66. The van der Waals surface area contributed by atoms with Crippen LogP contribution in [0.2, 0.25) is 0 Å². The number of hydrogen-bond donors (Lipinski definition) is 1. The molecule has 6 heteroatoms. The van der Waals surface area contributed by atoms with Gasteiger partial charge in [-0.2, -0.15) is 16.9 Å². The number of halogens is 1. The summed E-state index contributed by atoms with van der Waals surface area (Å²) in [5.74, 6) is 2.29. The zero-order chi connectivity index (χ0) is 14.1. The Kier molecular flexibility index (Phi) is 3.72. The van der Waals surface area contributed by atoms with Gasteiger partial charge in [0, 0.05) is 17.1 Å². The Morgan fingerprint density at radius 1 is 1.40 bits per heavy atom. The van der Waals surface area contributed by atoms with E-state index < -0.39 is 5.38 Å². The smallest absolute Gasteiger partial charge is 0.243 e. The van der Waals surface area contributed by atoms with Crippen LogP contribution >= 0.6 is 23.4 Å². The molecule has 1 aromatic heterocycles. The molecule has 0 fully saturated rings. The lowest BCUT2D eigenvalue weighted by atomic mass is 10.2. The van der Waals surface area contributed by atoms with Crippen LogP contribution in [0.5, 0.6) is 0 Å². The number of nitrogens with zero attached hydrogens (tertiary/aromatic N) is 2. The number of thioether (sulfide) groups is 1. The second-order valence-electron chi connectivity index (χ2n) is 4.62. The summed E-state index contributed by atoms with van der Waals surface area (Å²) in [4.78, 5) is 11.9. The first-order chi connectivity index (χ1) is 9.66. The van der Waals surface area contributed by atoms with Crippen LogP contribution in [0.15, 0.2) is 30.3 Å². The molecule has 0 spiro atoms. The van der Waals surface area contributed by atoms with Crippen molar-refractivity contribution in [3.05, 3.63) is 41.6 Å². The van der Waals surface area contributed by atoms with E-state index in [1.807, 2.05) is 30.3 Å². The molecular formula is C14H14ClN3OS. The van der Waals surface area contributed by atoms with E-state index >= 15 is 0 Å². The molecule has 0 radical (unpaired) electrons. The summed E-state index contributed by atoms with van der Waals surface area (Å²) in [6, 6.07) is 9.79. The molecule has 1 amide bonds. The van der Waals surface area contributed by atoms with E-state index in [0.29, 0.717) is 0 Å². The third-order valence-electron chi connectivity index (χ3n) is 3.16. The van der Waals surface area contributed by atoms with E-state index in [-0.39, 0.29) is 5.91 Å². The van der Waals surface area contributed by atoms with Gasteiger partial charge in [-0.15, -0.1) is 11.6 Å². The highest BCUT2D eigenvalue weighted by Crippen LogP contribution is 2.36. The number of benzene rings is 1. The molecule has 0 unspecified atom stereocenters. The number of anilines is 1. The van der Waals surface area contributed by atoms with Crippen LogP contribution < -0.4 is 5.32 Å². The summed E-state index contributed by atoms with van der Waals surface area (Å²) >= 11 is 7.65. The van der Waals surface area contributed by atoms with Crippen molar-refractivity contribution in [2.75, 3.05) is 5.32 Å². The Hall–Kier alpha value is -1.46. The molecule has 4 nitrogen and oxygen atoms in total. The third-order valence-corrected chi connectivity index (χ3v) is 4.32. The third kappa shape index (κ3) is 2.43. The molecule has 0 saturated carbocycles. The summed E-state index contributed by atoms with van der Waals surface area (Å²) < 4.78 is 1.79. The first-order valence-electron chi connectivity index (χ1n) is 6.35. The van der Waals surface area contributed by atoms with Gasteiger partial charge in [0.2, 0.25) is 5.91 Å². The van der Waals surface area contributed by atoms with Gasteiger partial charge < -0.3 is 5.32 Å². The van der Waals surface area contributed by atoms with Crippen molar-refractivity contribution in [3.8, 4) is 5.69 Å². The maximum Gasteiger partial charge on any atom is 0.243 e. The van der Waals surface area contributed by atoms with E-state index in [2.05, 4.69) is 10.4 Å². The van der Waals surface area contributed by atoms with Crippen molar-refractivity contribution in [1.29, 1.82) is 0 Å². The fourth-order valence-electron chi connectivity index (χ4n) is 2.11. The highest BCUT2D eigenvalue weighted by atomic mass is 35.5. The second-order valence-corrected chi connectivity index (χ2v) is 6.26. The normalized spacial score (nSPS) is 14.9. The van der Waals surface area contributed by atoms with E-state index in [9.17, 15) is 4.79 Å². The minimum atomic E-state index is -0.571. The summed E-state index contributed by atoms with van der Waals surface area (Å²) in [7, 11) is 0. The molecule has 3 rings (SSSR count). The number of hydrogen-bond acceptors (Lipinski definition) is 3. The van der Waals surface area contributed by atoms with Crippen LogP contribution in [0.3, 0.4) is 0 Å². The predicted molar refractivity (Wildman–Crippen MR) is 82.5 cm³/mol. The highest BCUT2D eigenvalue weighted by Gasteiger charge is 2.25. The number of nitrogens with one attached hydrogen (secondary N) is 1. The molecule has 104 valence electrons. The minimum Gasteiger partial charge on any atom is -0.309 e. The van der Waals surface area contributed by atoms with Crippen molar-refractivity contribution in [2.24, 2.45) is 0 Å². The quantitative estimate of drug-likeness (QED) is 0.886. The van der Waals surface area contributed by atoms with Gasteiger partial charge in [-0.25, -0.2) is 4.68 Å². The summed E-state index contributed by atoms with van der Waals surface area (Å²) in [6.07, 6.45) is 0. The van der Waals surface area contributed by atoms with Gasteiger partial charge >= 0.3 is 0 Å². The van der Waals surface area contributed by atoms with Gasteiger partial charge in [0.1, 0.15) is 11.2 Å². The van der Waals surface area contributed by atoms with Gasteiger partial charge in [0.25, 0.3) is 0 Å². The van der Waals surface area contributed by atoms with E-state index in [4.69, 9.17) is 11.6 Å². The molecule has 20 heavy (non-hydrogen) atoms. The van der Waals surface area contributed by atoms with Gasteiger partial charge in [0.15, 0.2) is 0 Å².